The van der Waals surface area contributed by atoms with E-state index in [0.717, 1.165) is 49.7 Å². The Labute approximate surface area is 408 Å². The molecule has 4 aromatic heterocycles. The van der Waals surface area contributed by atoms with Crippen molar-refractivity contribution in [3.8, 4) is 34.4 Å². The largest absolute Gasteiger partial charge is 0.308 e. The number of fused-ring (bicyclic) bond motifs is 9. The van der Waals surface area contributed by atoms with Crippen LogP contribution in [0.25, 0.3) is 98.2 Å². The van der Waals surface area contributed by atoms with E-state index in [-0.39, 0.29) is 0 Å². The standard InChI is InChI=1S/C63H41N5SSi/c1-4-22-43(23-5-1)70(44-24-6-2-7-25-44,45-26-8-3-9-27-45)46-28-20-21-42(39-46)61-64-62(66-63(65-61)68-56-36-17-12-31-49(56)50-32-13-18-37-57(50)68)53-40-52-51-33-14-19-38-59(51)69-60(52)41-58(53)67-54-34-15-10-29-47(54)48-30-11-16-35-55(48)67/h1-41H. The van der Waals surface area contributed by atoms with Crippen molar-refractivity contribution in [1.29, 1.82) is 0 Å². The molecule has 14 aromatic rings. The molecule has 0 amide bonds. The highest BCUT2D eigenvalue weighted by atomic mass is 32.1. The number of hydrogen-bond acceptors (Lipinski definition) is 4. The van der Waals surface area contributed by atoms with Crippen LogP contribution in [0.4, 0.5) is 0 Å². The fourth-order valence-corrected chi connectivity index (χ4v) is 17.0. The Balaban J connectivity index is 1.10. The van der Waals surface area contributed by atoms with Crippen LogP contribution in [0.1, 0.15) is 0 Å². The van der Waals surface area contributed by atoms with Crippen molar-refractivity contribution in [2.45, 2.75) is 0 Å². The van der Waals surface area contributed by atoms with Gasteiger partial charge in [-0.2, -0.15) is 9.97 Å². The lowest BCUT2D eigenvalue weighted by Crippen LogP contribution is -2.74. The molecule has 0 saturated carbocycles. The average Bonchev–Trinajstić information content (AvgIpc) is 4.09. The van der Waals surface area contributed by atoms with E-state index >= 15 is 0 Å². The van der Waals surface area contributed by atoms with Crippen molar-refractivity contribution < 1.29 is 0 Å². The number of para-hydroxylation sites is 4. The molecule has 70 heavy (non-hydrogen) atoms. The van der Waals surface area contributed by atoms with Crippen LogP contribution in [0.5, 0.6) is 0 Å². The first-order valence-electron chi connectivity index (χ1n) is 23.7. The first kappa shape index (κ1) is 40.3. The molecule has 0 bridgehead atoms. The van der Waals surface area contributed by atoms with Gasteiger partial charge in [0.15, 0.2) is 19.7 Å². The topological polar surface area (TPSA) is 48.5 Å². The van der Waals surface area contributed by atoms with Crippen LogP contribution < -0.4 is 20.7 Å². The highest BCUT2D eigenvalue weighted by Gasteiger charge is 2.41. The van der Waals surface area contributed by atoms with E-state index in [0.29, 0.717) is 17.6 Å². The second-order valence-corrected chi connectivity index (χ2v) is 22.8. The molecule has 328 valence electrons. The van der Waals surface area contributed by atoms with Gasteiger partial charge >= 0.3 is 0 Å². The number of aromatic nitrogens is 5. The van der Waals surface area contributed by atoms with Crippen molar-refractivity contribution in [3.63, 3.8) is 0 Å². The number of benzene rings is 10. The average molecular weight is 928 g/mol. The normalized spacial score (nSPS) is 12.0. The summed E-state index contributed by atoms with van der Waals surface area (Å²) in [5.41, 5.74) is 7.17. The first-order chi connectivity index (χ1) is 34.7. The van der Waals surface area contributed by atoms with Crippen molar-refractivity contribution in [1.82, 2.24) is 24.1 Å². The van der Waals surface area contributed by atoms with E-state index in [4.69, 9.17) is 15.0 Å². The van der Waals surface area contributed by atoms with Crippen LogP contribution in [0.3, 0.4) is 0 Å². The number of rotatable bonds is 8. The molecule has 10 aromatic carbocycles. The monoisotopic (exact) mass is 927 g/mol. The van der Waals surface area contributed by atoms with Crippen molar-refractivity contribution in [2.24, 2.45) is 0 Å². The lowest BCUT2D eigenvalue weighted by Gasteiger charge is -2.34. The SMILES string of the molecule is c1ccc([Si](c2ccccc2)(c2ccccc2)c2cccc(-c3nc(-c4cc5c(cc4-n4c6ccccc6c6ccccc64)sc4ccccc45)nc(-n4c5ccccc5c5ccccc54)n3)c2)cc1. The molecule has 5 nitrogen and oxygen atoms in total. The predicted octanol–water partition coefficient (Wildman–Crippen LogP) is 13.1. The summed E-state index contributed by atoms with van der Waals surface area (Å²) >= 11 is 1.82. The molecule has 7 heteroatoms. The van der Waals surface area contributed by atoms with Gasteiger partial charge in [0.2, 0.25) is 5.95 Å². The maximum absolute atomic E-state index is 5.66. The Kier molecular flexibility index (Phi) is 9.33. The van der Waals surface area contributed by atoms with Gasteiger partial charge in [0, 0.05) is 52.8 Å². The van der Waals surface area contributed by atoms with Gasteiger partial charge in [0.25, 0.3) is 0 Å². The summed E-state index contributed by atoms with van der Waals surface area (Å²) in [4.78, 5) is 16.8. The zero-order valence-corrected chi connectivity index (χ0v) is 39.6. The third-order valence-corrected chi connectivity index (χ3v) is 20.0. The summed E-state index contributed by atoms with van der Waals surface area (Å²) in [7, 11) is -2.91. The van der Waals surface area contributed by atoms with Crippen molar-refractivity contribution in [2.75, 3.05) is 0 Å². The number of hydrogen-bond donors (Lipinski definition) is 0. The summed E-state index contributed by atoms with van der Waals surface area (Å²) in [6.07, 6.45) is 0. The minimum absolute atomic E-state index is 0.559. The van der Waals surface area contributed by atoms with E-state index in [2.05, 4.69) is 258 Å². The molecule has 14 rings (SSSR count). The van der Waals surface area contributed by atoms with E-state index in [1.807, 2.05) is 11.3 Å². The van der Waals surface area contributed by atoms with Gasteiger partial charge in [-0.1, -0.05) is 206 Å². The summed E-state index contributed by atoms with van der Waals surface area (Å²) in [5.74, 6) is 1.76. The smallest absolute Gasteiger partial charge is 0.238 e. The van der Waals surface area contributed by atoms with Crippen LogP contribution in [0, 0.1) is 0 Å². The quantitative estimate of drug-likeness (QED) is 0.113. The van der Waals surface area contributed by atoms with Gasteiger partial charge < -0.3 is 4.57 Å². The zero-order valence-electron chi connectivity index (χ0n) is 37.8. The second kappa shape index (κ2) is 16.2. The Hall–Kier alpha value is -8.75. The molecule has 0 saturated heterocycles. The maximum atomic E-state index is 5.66. The predicted molar refractivity (Wildman–Crippen MR) is 296 cm³/mol. The van der Waals surface area contributed by atoms with Crippen molar-refractivity contribution >= 4 is 104 Å². The lowest BCUT2D eigenvalue weighted by atomic mass is 10.1. The minimum Gasteiger partial charge on any atom is -0.308 e. The zero-order chi connectivity index (χ0) is 46.2. The summed E-state index contributed by atoms with van der Waals surface area (Å²) in [6.45, 7) is 0. The molecule has 0 N–H and O–H groups in total. The summed E-state index contributed by atoms with van der Waals surface area (Å²) in [6, 6.07) is 90.2. The number of thiophene rings is 1. The summed E-state index contributed by atoms with van der Waals surface area (Å²) in [5, 5.41) is 12.2. The maximum Gasteiger partial charge on any atom is 0.238 e. The van der Waals surface area contributed by atoms with Gasteiger partial charge in [0.05, 0.1) is 27.8 Å². The van der Waals surface area contributed by atoms with E-state index in [9.17, 15) is 0 Å². The van der Waals surface area contributed by atoms with Gasteiger partial charge in [-0.05, 0) is 63.2 Å². The highest BCUT2D eigenvalue weighted by molar-refractivity contribution is 7.25. The van der Waals surface area contributed by atoms with Crippen LogP contribution in [0.15, 0.2) is 249 Å². The van der Waals surface area contributed by atoms with Gasteiger partial charge in [-0.15, -0.1) is 11.3 Å². The Morgan fingerprint density at radius 3 is 1.30 bits per heavy atom. The Morgan fingerprint density at radius 1 is 0.314 bits per heavy atom. The van der Waals surface area contributed by atoms with Crippen LogP contribution in [0.2, 0.25) is 0 Å². The Bertz CT molecular complexity index is 4110. The van der Waals surface area contributed by atoms with Crippen LogP contribution in [-0.4, -0.2) is 32.2 Å². The first-order valence-corrected chi connectivity index (χ1v) is 26.5. The molecule has 0 spiro atoms. The van der Waals surface area contributed by atoms with Gasteiger partial charge in [-0.25, -0.2) is 4.98 Å². The van der Waals surface area contributed by atoms with E-state index in [1.165, 1.54) is 51.7 Å². The fraction of sp³-hybridized carbons (Fsp3) is 0. The molecular weight excluding hydrogens is 887 g/mol. The molecule has 0 aliphatic heterocycles. The molecule has 0 radical (unpaired) electrons. The molecule has 0 unspecified atom stereocenters. The van der Waals surface area contributed by atoms with Crippen LogP contribution in [-0.2, 0) is 0 Å². The molecule has 0 aliphatic carbocycles. The minimum atomic E-state index is -2.91. The van der Waals surface area contributed by atoms with E-state index < -0.39 is 8.07 Å². The van der Waals surface area contributed by atoms with Crippen LogP contribution >= 0.6 is 11.3 Å². The molecule has 0 aliphatic rings. The molecule has 4 heterocycles. The van der Waals surface area contributed by atoms with Crippen molar-refractivity contribution in [3.05, 3.63) is 249 Å². The number of nitrogens with zero attached hydrogens (tertiary/aromatic N) is 5. The third kappa shape index (κ3) is 6.19. The second-order valence-electron chi connectivity index (χ2n) is 17.9. The highest BCUT2D eigenvalue weighted by Crippen LogP contribution is 2.42. The fourth-order valence-electron chi connectivity index (χ4n) is 11.1. The molecule has 0 fully saturated rings. The molecule has 0 atom stereocenters. The summed E-state index contributed by atoms with van der Waals surface area (Å²) < 4.78 is 7.08. The third-order valence-electron chi connectivity index (χ3n) is 14.1. The van der Waals surface area contributed by atoms with Gasteiger partial charge in [0.1, 0.15) is 0 Å². The molecular formula is C63H41N5SSi. The Morgan fingerprint density at radius 2 is 0.757 bits per heavy atom. The van der Waals surface area contributed by atoms with Gasteiger partial charge in [-0.3, -0.25) is 4.57 Å². The lowest BCUT2D eigenvalue weighted by molar-refractivity contribution is 0.952. The van der Waals surface area contributed by atoms with E-state index in [1.54, 1.807) is 0 Å².